The van der Waals surface area contributed by atoms with Crippen molar-refractivity contribution in [2.75, 3.05) is 33.9 Å². The number of carbonyl (C=O) groups excluding carboxylic acids is 1. The maximum absolute atomic E-state index is 14.1. The number of likely N-dealkylation sites (tertiary alicyclic amines) is 1. The van der Waals surface area contributed by atoms with Crippen LogP contribution in [0.2, 0.25) is 0 Å². The highest BCUT2D eigenvalue weighted by Crippen LogP contribution is 2.31. The summed E-state index contributed by atoms with van der Waals surface area (Å²) in [7, 11) is -1.45. The molecule has 140 valence electrons. The van der Waals surface area contributed by atoms with Gasteiger partial charge in [-0.05, 0) is 19.3 Å². The lowest BCUT2D eigenvalue weighted by atomic mass is 10.1. The van der Waals surface area contributed by atoms with Crippen LogP contribution in [-0.2, 0) is 14.8 Å². The van der Waals surface area contributed by atoms with Crippen molar-refractivity contribution in [1.29, 1.82) is 0 Å². The molecular weight excluding hydrogens is 351 g/mol. The third-order valence-corrected chi connectivity index (χ3v) is 5.54. The van der Waals surface area contributed by atoms with Gasteiger partial charge in [0.05, 0.1) is 14.2 Å². The van der Waals surface area contributed by atoms with Crippen molar-refractivity contribution < 1.29 is 27.1 Å². The second kappa shape index (κ2) is 8.48. The average Bonchev–Trinajstić information content (AvgIpc) is 2.61. The normalized spacial score (nSPS) is 15.1. The van der Waals surface area contributed by atoms with Crippen LogP contribution in [0.3, 0.4) is 0 Å². The summed E-state index contributed by atoms with van der Waals surface area (Å²) in [6.45, 7) is 1.32. The minimum atomic E-state index is -4.11. The number of sulfonamides is 1. The molecule has 0 unspecified atom stereocenters. The molecule has 1 saturated heterocycles. The Kier molecular flexibility index (Phi) is 6.60. The molecule has 0 spiro atoms. The van der Waals surface area contributed by atoms with Crippen molar-refractivity contribution in [3.8, 4) is 11.5 Å². The van der Waals surface area contributed by atoms with E-state index in [2.05, 4.69) is 4.72 Å². The molecule has 25 heavy (non-hydrogen) atoms. The summed E-state index contributed by atoms with van der Waals surface area (Å²) < 4.78 is 50.9. The van der Waals surface area contributed by atoms with Crippen LogP contribution in [-0.4, -0.2) is 53.1 Å². The van der Waals surface area contributed by atoms with Crippen LogP contribution in [0.5, 0.6) is 11.5 Å². The molecule has 2 rings (SSSR count). The first-order valence-electron chi connectivity index (χ1n) is 8.08. The highest BCUT2D eigenvalue weighted by molar-refractivity contribution is 7.89. The fourth-order valence-corrected chi connectivity index (χ4v) is 3.82. The van der Waals surface area contributed by atoms with Gasteiger partial charge < -0.3 is 14.4 Å². The third kappa shape index (κ3) is 4.82. The van der Waals surface area contributed by atoms with Gasteiger partial charge in [-0.1, -0.05) is 0 Å². The van der Waals surface area contributed by atoms with E-state index in [-0.39, 0.29) is 30.4 Å². The summed E-state index contributed by atoms with van der Waals surface area (Å²) in [5, 5.41) is 0. The minimum absolute atomic E-state index is 0.0359. The SMILES string of the molecule is COc1cc(F)c(S(=O)(=O)NCCC(=O)N2CCCCC2)cc1OC. The van der Waals surface area contributed by atoms with Gasteiger partial charge in [0.25, 0.3) is 0 Å². The Morgan fingerprint density at radius 1 is 1.16 bits per heavy atom. The predicted molar refractivity (Wildman–Crippen MR) is 89.7 cm³/mol. The van der Waals surface area contributed by atoms with Gasteiger partial charge in [-0.15, -0.1) is 0 Å². The van der Waals surface area contributed by atoms with E-state index < -0.39 is 20.7 Å². The van der Waals surface area contributed by atoms with Crippen molar-refractivity contribution in [2.24, 2.45) is 0 Å². The number of amides is 1. The zero-order chi connectivity index (χ0) is 18.4. The Balaban J connectivity index is 2.02. The van der Waals surface area contributed by atoms with Crippen LogP contribution in [0.25, 0.3) is 0 Å². The summed E-state index contributed by atoms with van der Waals surface area (Å²) in [6, 6.07) is 2.01. The van der Waals surface area contributed by atoms with Gasteiger partial charge in [-0.25, -0.2) is 17.5 Å². The van der Waals surface area contributed by atoms with Crippen LogP contribution in [0, 0.1) is 5.82 Å². The van der Waals surface area contributed by atoms with E-state index in [1.807, 2.05) is 0 Å². The van der Waals surface area contributed by atoms with Crippen LogP contribution >= 0.6 is 0 Å². The smallest absolute Gasteiger partial charge is 0.243 e. The molecule has 1 amide bonds. The van der Waals surface area contributed by atoms with Crippen molar-refractivity contribution in [2.45, 2.75) is 30.6 Å². The molecule has 0 bridgehead atoms. The number of hydrogen-bond acceptors (Lipinski definition) is 5. The molecule has 0 saturated carbocycles. The van der Waals surface area contributed by atoms with Gasteiger partial charge in [0.15, 0.2) is 11.5 Å². The molecule has 1 aromatic carbocycles. The number of nitrogens with zero attached hydrogens (tertiary/aromatic N) is 1. The van der Waals surface area contributed by atoms with Gasteiger partial charge in [0.2, 0.25) is 15.9 Å². The summed E-state index contributed by atoms with van der Waals surface area (Å²) in [4.78, 5) is 13.2. The maximum Gasteiger partial charge on any atom is 0.243 e. The zero-order valence-electron chi connectivity index (χ0n) is 14.4. The summed E-state index contributed by atoms with van der Waals surface area (Å²) in [5.41, 5.74) is 0. The fourth-order valence-electron chi connectivity index (χ4n) is 2.71. The van der Waals surface area contributed by atoms with Crippen LogP contribution in [0.1, 0.15) is 25.7 Å². The predicted octanol–water partition coefficient (Wildman–Crippen LogP) is 1.52. The monoisotopic (exact) mass is 374 g/mol. The molecule has 1 N–H and O–H groups in total. The molecule has 0 radical (unpaired) electrons. The number of ether oxygens (including phenoxy) is 2. The number of piperidine rings is 1. The zero-order valence-corrected chi connectivity index (χ0v) is 15.2. The minimum Gasteiger partial charge on any atom is -0.493 e. The molecule has 7 nitrogen and oxygen atoms in total. The Morgan fingerprint density at radius 3 is 2.36 bits per heavy atom. The second-order valence-corrected chi connectivity index (χ2v) is 7.46. The first-order chi connectivity index (χ1) is 11.9. The average molecular weight is 374 g/mol. The van der Waals surface area contributed by atoms with Gasteiger partial charge >= 0.3 is 0 Å². The molecule has 0 aliphatic carbocycles. The molecule has 1 fully saturated rings. The van der Waals surface area contributed by atoms with Crippen LogP contribution in [0.15, 0.2) is 17.0 Å². The molecule has 1 aliphatic rings. The summed E-state index contributed by atoms with van der Waals surface area (Å²) >= 11 is 0. The Labute approximate surface area is 147 Å². The number of rotatable bonds is 7. The first kappa shape index (κ1) is 19.5. The fraction of sp³-hybridized carbons (Fsp3) is 0.562. The van der Waals surface area contributed by atoms with Crippen LogP contribution < -0.4 is 14.2 Å². The molecule has 1 heterocycles. The highest BCUT2D eigenvalue weighted by Gasteiger charge is 2.23. The van der Waals surface area contributed by atoms with Gasteiger partial charge in [0.1, 0.15) is 10.7 Å². The van der Waals surface area contributed by atoms with Gasteiger partial charge in [0, 0.05) is 38.2 Å². The largest absolute Gasteiger partial charge is 0.493 e. The number of methoxy groups -OCH3 is 2. The van der Waals surface area contributed by atoms with E-state index in [1.165, 1.54) is 14.2 Å². The van der Waals surface area contributed by atoms with Crippen LogP contribution in [0.4, 0.5) is 4.39 Å². The molecular formula is C16H23FN2O5S. The van der Waals surface area contributed by atoms with Crippen molar-refractivity contribution in [1.82, 2.24) is 9.62 Å². The van der Waals surface area contributed by atoms with E-state index in [4.69, 9.17) is 9.47 Å². The second-order valence-electron chi connectivity index (χ2n) is 5.73. The number of hydrogen-bond donors (Lipinski definition) is 1. The highest BCUT2D eigenvalue weighted by atomic mass is 32.2. The molecule has 9 heteroatoms. The lowest BCUT2D eigenvalue weighted by Gasteiger charge is -2.26. The van der Waals surface area contributed by atoms with Crippen molar-refractivity contribution in [3.63, 3.8) is 0 Å². The standard InChI is InChI=1S/C16H23FN2O5S/c1-23-13-10-12(17)15(11-14(13)24-2)25(21,22)18-7-6-16(20)19-8-4-3-5-9-19/h10-11,18H,3-9H2,1-2H3. The molecule has 0 aromatic heterocycles. The lowest BCUT2D eigenvalue weighted by molar-refractivity contribution is -0.131. The van der Waals surface area contributed by atoms with E-state index in [0.29, 0.717) is 13.1 Å². The third-order valence-electron chi connectivity index (χ3n) is 4.07. The lowest BCUT2D eigenvalue weighted by Crippen LogP contribution is -2.37. The Bertz CT molecular complexity index is 717. The van der Waals surface area contributed by atoms with E-state index in [9.17, 15) is 17.6 Å². The number of carbonyl (C=O) groups is 1. The summed E-state index contributed by atoms with van der Waals surface area (Å²) in [6.07, 6.45) is 3.08. The van der Waals surface area contributed by atoms with Crippen molar-refractivity contribution in [3.05, 3.63) is 17.9 Å². The topological polar surface area (TPSA) is 84.9 Å². The number of nitrogens with one attached hydrogen (secondary N) is 1. The molecule has 1 aromatic rings. The summed E-state index contributed by atoms with van der Waals surface area (Å²) in [5.74, 6) is -0.851. The quantitative estimate of drug-likeness (QED) is 0.782. The Hall–Kier alpha value is -1.87. The maximum atomic E-state index is 14.1. The van der Waals surface area contributed by atoms with Crippen molar-refractivity contribution >= 4 is 15.9 Å². The number of benzene rings is 1. The van der Waals surface area contributed by atoms with Gasteiger partial charge in [-0.3, -0.25) is 4.79 Å². The molecule has 1 aliphatic heterocycles. The Morgan fingerprint density at radius 2 is 1.76 bits per heavy atom. The first-order valence-corrected chi connectivity index (χ1v) is 9.56. The van der Waals surface area contributed by atoms with E-state index in [0.717, 1.165) is 31.4 Å². The van der Waals surface area contributed by atoms with Gasteiger partial charge in [-0.2, -0.15) is 0 Å². The number of halogens is 1. The molecule has 0 atom stereocenters. The van der Waals surface area contributed by atoms with E-state index in [1.54, 1.807) is 4.90 Å². The van der Waals surface area contributed by atoms with E-state index >= 15 is 0 Å².